The van der Waals surface area contributed by atoms with Crippen LogP contribution >= 0.6 is 0 Å². The molecule has 0 saturated heterocycles. The van der Waals surface area contributed by atoms with Gasteiger partial charge in [0.05, 0.1) is 11.9 Å². The van der Waals surface area contributed by atoms with E-state index in [2.05, 4.69) is 16.8 Å². The molecule has 0 amide bonds. The predicted octanol–water partition coefficient (Wildman–Crippen LogP) is 3.53. The van der Waals surface area contributed by atoms with Gasteiger partial charge in [0.25, 0.3) is 0 Å². The van der Waals surface area contributed by atoms with E-state index >= 15 is 0 Å². The maximum atomic E-state index is 12.3. The maximum absolute atomic E-state index is 12.3. The molecule has 0 saturated carbocycles. The van der Waals surface area contributed by atoms with Crippen LogP contribution in [0.5, 0.6) is 5.75 Å². The molecular weight excluding hydrogens is 264 g/mol. The summed E-state index contributed by atoms with van der Waals surface area (Å²) in [7, 11) is 0. The number of aryl methyl sites for hydroxylation is 1. The predicted molar refractivity (Wildman–Crippen MR) is 73.6 cm³/mol. The van der Waals surface area contributed by atoms with Gasteiger partial charge in [0.1, 0.15) is 5.75 Å². The molecule has 2 aromatic rings. The smallest absolute Gasteiger partial charge is 0.387 e. The number of aromatic nitrogens is 2. The third-order valence-corrected chi connectivity index (χ3v) is 2.94. The lowest BCUT2D eigenvalue weighted by atomic mass is 10.1. The molecule has 0 radical (unpaired) electrons. The van der Waals surface area contributed by atoms with Crippen LogP contribution < -0.4 is 10.5 Å². The van der Waals surface area contributed by atoms with Crippen LogP contribution in [0.25, 0.3) is 11.1 Å². The second-order valence-electron chi connectivity index (χ2n) is 4.48. The molecule has 0 fully saturated rings. The van der Waals surface area contributed by atoms with Crippen molar-refractivity contribution in [3.63, 3.8) is 0 Å². The molecule has 4 nitrogen and oxygen atoms in total. The van der Waals surface area contributed by atoms with E-state index in [1.54, 1.807) is 18.3 Å². The summed E-state index contributed by atoms with van der Waals surface area (Å²) in [6.45, 7) is 0.0596. The molecule has 1 aromatic carbocycles. The molecular formula is C14H17F2N3O. The van der Waals surface area contributed by atoms with E-state index in [1.807, 2.05) is 10.9 Å². The average Bonchev–Trinajstić information content (AvgIpc) is 2.87. The summed E-state index contributed by atoms with van der Waals surface area (Å²) in [6.07, 6.45) is 5.71. The molecule has 0 aliphatic heterocycles. The lowest BCUT2D eigenvalue weighted by Crippen LogP contribution is -2.04. The number of alkyl halides is 2. The van der Waals surface area contributed by atoms with Crippen LogP contribution in [0.4, 0.5) is 14.5 Å². The first kappa shape index (κ1) is 14.3. The molecule has 1 heterocycles. The van der Waals surface area contributed by atoms with Gasteiger partial charge in [0, 0.05) is 18.3 Å². The quantitative estimate of drug-likeness (QED) is 0.824. The lowest BCUT2D eigenvalue weighted by molar-refractivity contribution is -0.0492. The highest BCUT2D eigenvalue weighted by Gasteiger charge is 2.10. The van der Waals surface area contributed by atoms with E-state index in [0.717, 1.165) is 30.5 Å². The van der Waals surface area contributed by atoms with Crippen molar-refractivity contribution in [1.82, 2.24) is 9.78 Å². The molecule has 0 bridgehead atoms. The summed E-state index contributed by atoms with van der Waals surface area (Å²) in [5.41, 5.74) is 7.39. The van der Waals surface area contributed by atoms with Crippen LogP contribution in [0.2, 0.25) is 0 Å². The van der Waals surface area contributed by atoms with Gasteiger partial charge >= 0.3 is 6.61 Å². The number of rotatable bonds is 6. The van der Waals surface area contributed by atoms with Gasteiger partial charge in [0.15, 0.2) is 0 Å². The molecule has 0 atom stereocenters. The van der Waals surface area contributed by atoms with Crippen molar-refractivity contribution in [3.05, 3.63) is 30.6 Å². The van der Waals surface area contributed by atoms with Crippen molar-refractivity contribution in [3.8, 4) is 16.9 Å². The minimum absolute atomic E-state index is 0.0150. The van der Waals surface area contributed by atoms with Gasteiger partial charge in [-0.05, 0) is 24.1 Å². The van der Waals surface area contributed by atoms with Gasteiger partial charge in [-0.3, -0.25) is 4.68 Å². The zero-order valence-corrected chi connectivity index (χ0v) is 11.2. The molecule has 2 rings (SSSR count). The van der Waals surface area contributed by atoms with E-state index in [-0.39, 0.29) is 11.4 Å². The SMILES string of the molecule is CCCCn1cc(-c2ccc(N)c(OC(F)F)c2)cn1. The summed E-state index contributed by atoms with van der Waals surface area (Å²) < 4.78 is 30.8. The fourth-order valence-corrected chi connectivity index (χ4v) is 1.87. The highest BCUT2D eigenvalue weighted by molar-refractivity contribution is 5.68. The molecule has 1 aromatic heterocycles. The minimum Gasteiger partial charge on any atom is -0.433 e. The second-order valence-corrected chi connectivity index (χ2v) is 4.48. The van der Waals surface area contributed by atoms with Crippen LogP contribution in [0.3, 0.4) is 0 Å². The minimum atomic E-state index is -2.89. The molecule has 6 heteroatoms. The fourth-order valence-electron chi connectivity index (χ4n) is 1.87. The maximum Gasteiger partial charge on any atom is 0.387 e. The molecule has 20 heavy (non-hydrogen) atoms. The Morgan fingerprint density at radius 2 is 2.15 bits per heavy atom. The monoisotopic (exact) mass is 281 g/mol. The first-order chi connectivity index (χ1) is 9.60. The molecule has 0 aliphatic carbocycles. The highest BCUT2D eigenvalue weighted by atomic mass is 19.3. The number of hydrogen-bond acceptors (Lipinski definition) is 3. The van der Waals surface area contributed by atoms with E-state index in [1.165, 1.54) is 6.07 Å². The van der Waals surface area contributed by atoms with Gasteiger partial charge in [-0.1, -0.05) is 19.4 Å². The summed E-state index contributed by atoms with van der Waals surface area (Å²) in [5.74, 6) is -0.0150. The van der Waals surface area contributed by atoms with Gasteiger partial charge in [-0.2, -0.15) is 13.9 Å². The lowest BCUT2D eigenvalue weighted by Gasteiger charge is -2.08. The number of benzene rings is 1. The standard InChI is InChI=1S/C14H17F2N3O/c1-2-3-6-19-9-11(8-18-19)10-4-5-12(17)13(7-10)20-14(15)16/h4-5,7-9,14H,2-3,6,17H2,1H3. The zero-order valence-electron chi connectivity index (χ0n) is 11.2. The summed E-state index contributed by atoms with van der Waals surface area (Å²) in [4.78, 5) is 0. The van der Waals surface area contributed by atoms with Gasteiger partial charge in [-0.25, -0.2) is 0 Å². The first-order valence-corrected chi connectivity index (χ1v) is 6.47. The Labute approximate surface area is 116 Å². The second kappa shape index (κ2) is 6.36. The summed E-state index contributed by atoms with van der Waals surface area (Å²) in [5, 5.41) is 4.24. The molecule has 0 spiro atoms. The highest BCUT2D eigenvalue weighted by Crippen LogP contribution is 2.29. The number of ether oxygens (including phenoxy) is 1. The van der Waals surface area contributed by atoms with Crippen LogP contribution in [-0.2, 0) is 6.54 Å². The van der Waals surface area contributed by atoms with Crippen molar-refractivity contribution in [2.24, 2.45) is 0 Å². The topological polar surface area (TPSA) is 53.1 Å². The number of nitrogens with two attached hydrogens (primary N) is 1. The van der Waals surface area contributed by atoms with Crippen LogP contribution in [0, 0.1) is 0 Å². The van der Waals surface area contributed by atoms with E-state index in [9.17, 15) is 8.78 Å². The van der Waals surface area contributed by atoms with Gasteiger partial charge in [0.2, 0.25) is 0 Å². The van der Waals surface area contributed by atoms with Crippen molar-refractivity contribution in [2.75, 3.05) is 5.73 Å². The van der Waals surface area contributed by atoms with Crippen molar-refractivity contribution in [1.29, 1.82) is 0 Å². The molecule has 2 N–H and O–H groups in total. The molecule has 0 aliphatic rings. The van der Waals surface area contributed by atoms with E-state index in [0.29, 0.717) is 0 Å². The number of nitrogen functional groups attached to an aromatic ring is 1. The van der Waals surface area contributed by atoms with Crippen molar-refractivity contribution >= 4 is 5.69 Å². The van der Waals surface area contributed by atoms with Crippen LogP contribution in [0.1, 0.15) is 19.8 Å². The van der Waals surface area contributed by atoms with Crippen LogP contribution in [-0.4, -0.2) is 16.4 Å². The first-order valence-electron chi connectivity index (χ1n) is 6.47. The van der Waals surface area contributed by atoms with E-state index in [4.69, 9.17) is 5.73 Å². The van der Waals surface area contributed by atoms with Crippen molar-refractivity contribution < 1.29 is 13.5 Å². The Hall–Kier alpha value is -2.11. The zero-order chi connectivity index (χ0) is 14.5. The Morgan fingerprint density at radius 3 is 2.85 bits per heavy atom. The average molecular weight is 281 g/mol. The number of nitrogens with zero attached hydrogens (tertiary/aromatic N) is 2. The van der Waals surface area contributed by atoms with Crippen molar-refractivity contribution in [2.45, 2.75) is 32.9 Å². The third-order valence-electron chi connectivity index (χ3n) is 2.94. The number of halogens is 2. The number of anilines is 1. The largest absolute Gasteiger partial charge is 0.433 e. The Kier molecular flexibility index (Phi) is 4.55. The van der Waals surface area contributed by atoms with Gasteiger partial charge in [-0.15, -0.1) is 0 Å². The normalized spacial score (nSPS) is 11.0. The van der Waals surface area contributed by atoms with Gasteiger partial charge < -0.3 is 10.5 Å². The molecule has 108 valence electrons. The Morgan fingerprint density at radius 1 is 1.35 bits per heavy atom. The Balaban J connectivity index is 2.21. The third kappa shape index (κ3) is 3.46. The van der Waals surface area contributed by atoms with Crippen LogP contribution in [0.15, 0.2) is 30.6 Å². The number of unbranched alkanes of at least 4 members (excludes halogenated alkanes) is 1. The fraction of sp³-hybridized carbons (Fsp3) is 0.357. The summed E-state index contributed by atoms with van der Waals surface area (Å²) in [6, 6.07) is 4.81. The summed E-state index contributed by atoms with van der Waals surface area (Å²) >= 11 is 0. The molecule has 0 unspecified atom stereocenters. The number of hydrogen-bond donors (Lipinski definition) is 1. The van der Waals surface area contributed by atoms with E-state index < -0.39 is 6.61 Å². The Bertz CT molecular complexity index is 569.